The van der Waals surface area contributed by atoms with Crippen LogP contribution in [0.15, 0.2) is 36.4 Å². The molecule has 2 heterocycles. The summed E-state index contributed by atoms with van der Waals surface area (Å²) in [5, 5.41) is 36.8. The zero-order valence-corrected chi connectivity index (χ0v) is 18.6. The summed E-state index contributed by atoms with van der Waals surface area (Å²) < 4.78 is 0. The molecule has 10 heteroatoms. The number of nitrogen functional groups attached to an aromatic ring is 1. The van der Waals surface area contributed by atoms with Crippen molar-refractivity contribution in [2.75, 3.05) is 12.3 Å². The normalized spacial score (nSPS) is 17.5. The molecule has 1 aliphatic rings. The molecule has 0 spiro atoms. The molecule has 0 bridgehead atoms. The number of carboxylic acids is 2. The Hall–Kier alpha value is -2.79. The van der Waals surface area contributed by atoms with Gasteiger partial charge < -0.3 is 31.5 Å². The molecule has 2 aromatic rings. The van der Waals surface area contributed by atoms with Crippen molar-refractivity contribution in [3.05, 3.63) is 52.5 Å². The molecule has 0 saturated carbocycles. The summed E-state index contributed by atoms with van der Waals surface area (Å²) >= 11 is 1.63. The van der Waals surface area contributed by atoms with Gasteiger partial charge in [0.1, 0.15) is 0 Å². The first-order valence-electron chi connectivity index (χ1n) is 10.2. The highest BCUT2D eigenvalue weighted by atomic mass is 32.1. The third-order valence-electron chi connectivity index (χ3n) is 5.04. The summed E-state index contributed by atoms with van der Waals surface area (Å²) in [4.78, 5) is 25.2. The maximum Gasteiger partial charge on any atom is 0.335 e. The van der Waals surface area contributed by atoms with Crippen LogP contribution in [0.3, 0.4) is 0 Å². The lowest BCUT2D eigenvalue weighted by molar-refractivity contribution is -0.165. The first-order valence-corrected chi connectivity index (χ1v) is 11.0. The molecule has 3 rings (SSSR count). The van der Waals surface area contributed by atoms with Gasteiger partial charge in [-0.1, -0.05) is 36.4 Å². The van der Waals surface area contributed by atoms with Crippen LogP contribution in [0.2, 0.25) is 0 Å². The molecule has 0 radical (unpaired) electrons. The van der Waals surface area contributed by atoms with Gasteiger partial charge >= 0.3 is 11.9 Å². The fraction of sp³-hybridized carbons (Fsp3) is 0.409. The number of nitrogens with two attached hydrogens (primary N) is 1. The molecule has 3 atom stereocenters. The molecule has 3 unspecified atom stereocenters. The van der Waals surface area contributed by atoms with Crippen LogP contribution in [0.25, 0.3) is 5.57 Å². The van der Waals surface area contributed by atoms with E-state index in [1.807, 2.05) is 0 Å². The molecule has 7 N–H and O–H groups in total. The minimum Gasteiger partial charge on any atom is -0.479 e. The molecular weight excluding hydrogens is 434 g/mol. The van der Waals surface area contributed by atoms with Gasteiger partial charge in [0.05, 0.1) is 5.69 Å². The van der Waals surface area contributed by atoms with Crippen molar-refractivity contribution in [2.45, 2.75) is 50.9 Å². The molecule has 1 aliphatic heterocycles. The highest BCUT2D eigenvalue weighted by Gasteiger charge is 2.29. The Bertz CT molecular complexity index is 913. The number of carboxylic acid groups (broad SMARTS) is 2. The Morgan fingerprint density at radius 2 is 1.81 bits per heavy atom. The van der Waals surface area contributed by atoms with Gasteiger partial charge in [-0.25, -0.2) is 14.6 Å². The van der Waals surface area contributed by atoms with E-state index in [1.54, 1.807) is 11.3 Å². The maximum atomic E-state index is 9.77. The van der Waals surface area contributed by atoms with Crippen molar-refractivity contribution >= 4 is 34.0 Å². The van der Waals surface area contributed by atoms with E-state index in [4.69, 9.17) is 26.2 Å². The van der Waals surface area contributed by atoms with E-state index in [2.05, 4.69) is 53.6 Å². The lowest BCUT2D eigenvalue weighted by atomic mass is 9.93. The lowest BCUT2D eigenvalue weighted by Crippen LogP contribution is -2.39. The summed E-state index contributed by atoms with van der Waals surface area (Å²) in [5.74, 6) is -3.54. The van der Waals surface area contributed by atoms with Crippen molar-refractivity contribution < 1.29 is 30.0 Å². The Balaban J connectivity index is 0.000000309. The van der Waals surface area contributed by atoms with Crippen molar-refractivity contribution in [3.63, 3.8) is 0 Å². The number of hydrogen-bond acceptors (Lipinski definition) is 8. The molecular formula is C22H29N3O6S. The van der Waals surface area contributed by atoms with Crippen LogP contribution in [-0.4, -0.2) is 62.1 Å². The summed E-state index contributed by atoms with van der Waals surface area (Å²) in [6.45, 7) is 3.03. The van der Waals surface area contributed by atoms with Crippen LogP contribution in [0.1, 0.15) is 35.4 Å². The van der Waals surface area contributed by atoms with Gasteiger partial charge in [-0.3, -0.25) is 0 Å². The van der Waals surface area contributed by atoms with E-state index in [0.717, 1.165) is 25.1 Å². The van der Waals surface area contributed by atoms with Crippen LogP contribution in [-0.2, 0) is 16.0 Å². The topological polar surface area (TPSA) is 166 Å². The Labute approximate surface area is 190 Å². The highest BCUT2D eigenvalue weighted by molar-refractivity contribution is 7.15. The van der Waals surface area contributed by atoms with E-state index < -0.39 is 24.1 Å². The molecule has 0 amide bonds. The van der Waals surface area contributed by atoms with Crippen LogP contribution >= 0.6 is 11.3 Å². The lowest BCUT2D eigenvalue weighted by Gasteiger charge is -2.24. The number of rotatable bonds is 8. The number of thiazole rings is 1. The van der Waals surface area contributed by atoms with E-state index >= 15 is 0 Å². The molecule has 0 saturated heterocycles. The average molecular weight is 464 g/mol. The van der Waals surface area contributed by atoms with Gasteiger partial charge in [-0.15, -0.1) is 11.3 Å². The number of hydrogen-bond donors (Lipinski definition) is 6. The minimum atomic E-state index is -2.27. The number of nitrogens with one attached hydrogen (secondary N) is 1. The number of aliphatic hydroxyl groups is 2. The quantitative estimate of drug-likeness (QED) is 0.341. The van der Waals surface area contributed by atoms with Gasteiger partial charge in [0.2, 0.25) is 0 Å². The number of aryl methyl sites for hydroxylation is 2. The fourth-order valence-corrected chi connectivity index (χ4v) is 4.20. The number of aliphatic carboxylic acids is 2. The Morgan fingerprint density at radius 1 is 1.19 bits per heavy atom. The number of carbonyl (C=O) groups is 2. The molecule has 32 heavy (non-hydrogen) atoms. The summed E-state index contributed by atoms with van der Waals surface area (Å²) in [7, 11) is 0. The first-order chi connectivity index (χ1) is 15.2. The number of nitrogens with zero attached hydrogens (tertiary/aromatic N) is 1. The fourth-order valence-electron chi connectivity index (χ4n) is 3.32. The van der Waals surface area contributed by atoms with Crippen LogP contribution in [0.5, 0.6) is 0 Å². The summed E-state index contributed by atoms with van der Waals surface area (Å²) in [6.07, 6.45) is 2.37. The Morgan fingerprint density at radius 3 is 2.34 bits per heavy atom. The molecule has 0 fully saturated rings. The molecule has 174 valence electrons. The molecule has 9 nitrogen and oxygen atoms in total. The van der Waals surface area contributed by atoms with Crippen molar-refractivity contribution in [3.8, 4) is 0 Å². The third kappa shape index (κ3) is 7.72. The van der Waals surface area contributed by atoms with Gasteiger partial charge in [0.25, 0.3) is 0 Å². The number of aliphatic hydroxyl groups excluding tert-OH is 2. The SMILES string of the molecule is Cc1nc(N)sc1CCCC1CC(c2ccccc2)=CCN1.O=C(O)C(O)C(O)C(=O)O. The van der Waals surface area contributed by atoms with E-state index in [-0.39, 0.29) is 0 Å². The second kappa shape index (κ2) is 12.3. The van der Waals surface area contributed by atoms with Gasteiger partial charge in [0.15, 0.2) is 17.3 Å². The van der Waals surface area contributed by atoms with Gasteiger partial charge in [-0.05, 0) is 43.7 Å². The average Bonchev–Trinajstić information content (AvgIpc) is 3.10. The third-order valence-corrected chi connectivity index (χ3v) is 6.08. The summed E-state index contributed by atoms with van der Waals surface area (Å²) in [5.41, 5.74) is 9.70. The predicted molar refractivity (Wildman–Crippen MR) is 122 cm³/mol. The van der Waals surface area contributed by atoms with E-state index in [0.29, 0.717) is 11.2 Å². The highest BCUT2D eigenvalue weighted by Crippen LogP contribution is 2.26. The monoisotopic (exact) mass is 463 g/mol. The van der Waals surface area contributed by atoms with Gasteiger partial charge in [0, 0.05) is 17.5 Å². The van der Waals surface area contributed by atoms with Gasteiger partial charge in [-0.2, -0.15) is 0 Å². The first kappa shape index (κ1) is 25.5. The second-order valence-electron chi connectivity index (χ2n) is 7.42. The van der Waals surface area contributed by atoms with Crippen molar-refractivity contribution in [1.82, 2.24) is 10.3 Å². The molecule has 1 aromatic carbocycles. The van der Waals surface area contributed by atoms with Crippen LogP contribution in [0, 0.1) is 6.92 Å². The van der Waals surface area contributed by atoms with Crippen LogP contribution < -0.4 is 11.1 Å². The minimum absolute atomic E-state index is 0.575. The Kier molecular flexibility index (Phi) is 9.79. The van der Waals surface area contributed by atoms with Crippen LogP contribution in [0.4, 0.5) is 5.13 Å². The molecule has 0 aliphatic carbocycles. The summed E-state index contributed by atoms with van der Waals surface area (Å²) in [6, 6.07) is 11.3. The largest absolute Gasteiger partial charge is 0.479 e. The zero-order valence-electron chi connectivity index (χ0n) is 17.8. The second-order valence-corrected chi connectivity index (χ2v) is 8.54. The molecule has 1 aromatic heterocycles. The van der Waals surface area contributed by atoms with Crippen molar-refractivity contribution in [1.29, 1.82) is 0 Å². The van der Waals surface area contributed by atoms with E-state index in [1.165, 1.54) is 28.9 Å². The number of aromatic nitrogens is 1. The van der Waals surface area contributed by atoms with E-state index in [9.17, 15) is 9.59 Å². The maximum absolute atomic E-state index is 9.77. The van der Waals surface area contributed by atoms with Crippen molar-refractivity contribution in [2.24, 2.45) is 0 Å². The standard InChI is InChI=1S/C18H23N3S.C4H6O6/c1-13-17(22-18(19)21-13)9-5-8-16-12-15(10-11-20-16)14-6-3-2-4-7-14;5-1(3(7)8)2(6)4(9)10/h2-4,6-7,10,16,20H,5,8-9,11-12H2,1H3,(H2,19,21);1-2,5-6H,(H,7,8)(H,9,10). The number of anilines is 1. The smallest absolute Gasteiger partial charge is 0.335 e. The predicted octanol–water partition coefficient (Wildman–Crippen LogP) is 1.68. The zero-order chi connectivity index (χ0) is 23.7. The number of benzene rings is 1.